The highest BCUT2D eigenvalue weighted by atomic mass is 79.9. The molecule has 0 unspecified atom stereocenters. The molecule has 0 spiro atoms. The van der Waals surface area contributed by atoms with Crippen LogP contribution >= 0.6 is 15.9 Å². The van der Waals surface area contributed by atoms with Crippen molar-refractivity contribution >= 4 is 28.5 Å². The molecule has 1 aromatic carbocycles. The maximum Gasteiger partial charge on any atom is 0.488 e. The smallest absolute Gasteiger partial charge is 0.488 e. The average molecular weight is 234 g/mol. The Morgan fingerprint density at radius 3 is 2.83 bits per heavy atom. The normalized spacial score (nSPS) is 14.4. The summed E-state index contributed by atoms with van der Waals surface area (Å²) in [5.41, 5.74) is 0.156. The molecule has 12 heavy (non-hydrogen) atoms. The van der Waals surface area contributed by atoms with Crippen LogP contribution in [0.1, 0.15) is 4.11 Å². The average Bonchev–Trinajstić information content (AvgIpc) is 1.99. The van der Waals surface area contributed by atoms with Crippen molar-refractivity contribution in [2.24, 2.45) is 0 Å². The standard InChI is InChI=1S/C7H8BBrO3/c1-12-7-3-5(8(10)11)2-6(9)4-7/h2-4,10-11H,1H3/i1D3. The van der Waals surface area contributed by atoms with Crippen molar-refractivity contribution in [1.29, 1.82) is 0 Å². The Bertz CT molecular complexity index is 356. The van der Waals surface area contributed by atoms with Crippen LogP contribution in [0, 0.1) is 0 Å². The largest absolute Gasteiger partial charge is 0.497 e. The summed E-state index contributed by atoms with van der Waals surface area (Å²) >= 11 is 3.10. The van der Waals surface area contributed by atoms with Gasteiger partial charge < -0.3 is 14.8 Å². The molecule has 0 heterocycles. The maximum atomic E-state index is 8.91. The summed E-state index contributed by atoms with van der Waals surface area (Å²) in [6.45, 7) is 0. The van der Waals surface area contributed by atoms with E-state index in [9.17, 15) is 0 Å². The van der Waals surface area contributed by atoms with Crippen LogP contribution in [0.15, 0.2) is 22.7 Å². The van der Waals surface area contributed by atoms with Crippen molar-refractivity contribution in [2.45, 2.75) is 0 Å². The van der Waals surface area contributed by atoms with Crippen LogP contribution in [-0.2, 0) is 0 Å². The van der Waals surface area contributed by atoms with E-state index in [-0.39, 0.29) is 11.2 Å². The van der Waals surface area contributed by atoms with E-state index in [1.807, 2.05) is 0 Å². The molecule has 2 N–H and O–H groups in total. The fraction of sp³-hybridized carbons (Fsp3) is 0.143. The summed E-state index contributed by atoms with van der Waals surface area (Å²) in [5, 5.41) is 17.8. The van der Waals surface area contributed by atoms with Gasteiger partial charge in [-0.2, -0.15) is 0 Å². The van der Waals surface area contributed by atoms with Crippen molar-refractivity contribution in [3.8, 4) is 5.75 Å². The molecular formula is C7H8BBrO3. The van der Waals surface area contributed by atoms with Crippen molar-refractivity contribution in [3.63, 3.8) is 0 Å². The van der Waals surface area contributed by atoms with Gasteiger partial charge in [0, 0.05) is 4.47 Å². The second-order valence-corrected chi connectivity index (χ2v) is 3.11. The molecule has 0 aliphatic carbocycles. The van der Waals surface area contributed by atoms with E-state index in [1.165, 1.54) is 18.2 Å². The first kappa shape index (κ1) is 6.02. The number of methoxy groups -OCH3 is 1. The molecule has 0 aromatic heterocycles. The Morgan fingerprint density at radius 1 is 1.50 bits per heavy atom. The minimum atomic E-state index is -2.56. The zero-order valence-corrected chi connectivity index (χ0v) is 7.58. The molecule has 1 aromatic rings. The highest BCUT2D eigenvalue weighted by Gasteiger charge is 2.12. The molecule has 5 heteroatoms. The van der Waals surface area contributed by atoms with Gasteiger partial charge in [0.15, 0.2) is 0 Å². The first-order valence-electron chi connectivity index (χ1n) is 4.63. The van der Waals surface area contributed by atoms with Gasteiger partial charge in [-0.15, -0.1) is 0 Å². The number of rotatable bonds is 2. The maximum absolute atomic E-state index is 8.91. The van der Waals surface area contributed by atoms with E-state index in [0.717, 1.165) is 0 Å². The van der Waals surface area contributed by atoms with Crippen LogP contribution in [0.5, 0.6) is 5.75 Å². The lowest BCUT2D eigenvalue weighted by molar-refractivity contribution is 0.411. The summed E-state index contributed by atoms with van der Waals surface area (Å²) in [4.78, 5) is 0. The fourth-order valence-electron chi connectivity index (χ4n) is 0.792. The van der Waals surface area contributed by atoms with Crippen LogP contribution in [0.4, 0.5) is 0 Å². The molecule has 3 nitrogen and oxygen atoms in total. The van der Waals surface area contributed by atoms with E-state index >= 15 is 0 Å². The minimum absolute atomic E-state index is 0.0486. The Balaban J connectivity index is 2.99. The number of hydrogen-bond donors (Lipinski definition) is 2. The van der Waals surface area contributed by atoms with Gasteiger partial charge in [-0.05, 0) is 23.7 Å². The molecule has 0 saturated carbocycles. The second-order valence-electron chi connectivity index (χ2n) is 2.20. The number of benzene rings is 1. The third-order valence-corrected chi connectivity index (χ3v) is 1.77. The second kappa shape index (κ2) is 3.93. The van der Waals surface area contributed by atoms with Gasteiger partial charge >= 0.3 is 7.12 Å². The molecule has 64 valence electrons. The number of halogens is 1. The van der Waals surface area contributed by atoms with Gasteiger partial charge in [0.2, 0.25) is 0 Å². The third kappa shape index (κ3) is 2.23. The lowest BCUT2D eigenvalue weighted by atomic mass is 9.80. The molecule has 0 saturated heterocycles. The van der Waals surface area contributed by atoms with Gasteiger partial charge in [-0.3, -0.25) is 0 Å². The topological polar surface area (TPSA) is 49.7 Å². The molecule has 0 radical (unpaired) electrons. The van der Waals surface area contributed by atoms with E-state index in [1.54, 1.807) is 0 Å². The predicted molar refractivity (Wildman–Crippen MR) is 50.5 cm³/mol. The van der Waals surface area contributed by atoms with Gasteiger partial charge in [0.1, 0.15) is 5.75 Å². The predicted octanol–water partition coefficient (Wildman–Crippen LogP) is 0.137. The Hall–Kier alpha value is -0.515. The molecule has 0 fully saturated rings. The van der Waals surface area contributed by atoms with E-state index in [0.29, 0.717) is 4.47 Å². The fourth-order valence-corrected chi connectivity index (χ4v) is 1.28. The van der Waals surface area contributed by atoms with Crippen molar-refractivity contribution in [3.05, 3.63) is 22.7 Å². The van der Waals surface area contributed by atoms with Gasteiger partial charge in [-0.1, -0.05) is 15.9 Å². The Kier molecular flexibility index (Phi) is 1.97. The summed E-state index contributed by atoms with van der Waals surface area (Å²) in [6, 6.07) is 4.14. The quantitative estimate of drug-likeness (QED) is 0.715. The minimum Gasteiger partial charge on any atom is -0.497 e. The molecule has 0 atom stereocenters. The zero-order chi connectivity index (χ0) is 11.6. The summed E-state index contributed by atoms with van der Waals surface area (Å²) in [6.07, 6.45) is 0. The Labute approximate surface area is 83.5 Å². The van der Waals surface area contributed by atoms with Crippen molar-refractivity contribution < 1.29 is 18.9 Å². The molecule has 0 aliphatic heterocycles. The Morgan fingerprint density at radius 2 is 2.25 bits per heavy atom. The van der Waals surface area contributed by atoms with Crippen LogP contribution in [0.3, 0.4) is 0 Å². The SMILES string of the molecule is [2H]C([2H])([2H])Oc1cc(Br)cc(B(O)O)c1. The zero-order valence-electron chi connectivity index (χ0n) is 8.99. The summed E-state index contributed by atoms with van der Waals surface area (Å²) in [7, 11) is -4.22. The highest BCUT2D eigenvalue weighted by Crippen LogP contribution is 2.15. The first-order valence-corrected chi connectivity index (χ1v) is 3.93. The summed E-state index contributed by atoms with van der Waals surface area (Å²) < 4.78 is 25.8. The van der Waals surface area contributed by atoms with Gasteiger partial charge in [0.05, 0.1) is 11.2 Å². The van der Waals surface area contributed by atoms with E-state index < -0.39 is 14.2 Å². The highest BCUT2D eigenvalue weighted by molar-refractivity contribution is 9.10. The van der Waals surface area contributed by atoms with Crippen LogP contribution < -0.4 is 10.2 Å². The molecular weight excluding hydrogens is 223 g/mol. The van der Waals surface area contributed by atoms with E-state index in [2.05, 4.69) is 20.7 Å². The molecule has 0 aliphatic rings. The first-order chi connectivity index (χ1) is 6.78. The lowest BCUT2D eigenvalue weighted by Crippen LogP contribution is -2.29. The monoisotopic (exact) mass is 233 g/mol. The summed E-state index contributed by atoms with van der Waals surface area (Å²) in [5.74, 6) is 0.0486. The van der Waals surface area contributed by atoms with Crippen LogP contribution in [0.25, 0.3) is 0 Å². The molecule has 1 rings (SSSR count). The van der Waals surface area contributed by atoms with Crippen molar-refractivity contribution in [2.75, 3.05) is 7.04 Å². The van der Waals surface area contributed by atoms with Crippen LogP contribution in [-0.4, -0.2) is 24.2 Å². The molecule has 0 bridgehead atoms. The third-order valence-electron chi connectivity index (χ3n) is 1.31. The number of ether oxygens (including phenoxy) is 1. The lowest BCUT2D eigenvalue weighted by Gasteiger charge is -2.04. The van der Waals surface area contributed by atoms with Gasteiger partial charge in [-0.25, -0.2) is 0 Å². The van der Waals surface area contributed by atoms with Crippen LogP contribution in [0.2, 0.25) is 0 Å². The molecule has 0 amide bonds. The number of hydrogen-bond acceptors (Lipinski definition) is 3. The van der Waals surface area contributed by atoms with Gasteiger partial charge in [0.25, 0.3) is 0 Å². The van der Waals surface area contributed by atoms with Crippen molar-refractivity contribution in [1.82, 2.24) is 0 Å². The van der Waals surface area contributed by atoms with E-state index in [4.69, 9.17) is 14.2 Å².